The van der Waals surface area contributed by atoms with E-state index >= 15 is 0 Å². The Morgan fingerprint density at radius 1 is 0.449 bits per heavy atom. The van der Waals surface area contributed by atoms with E-state index < -0.39 is 0 Å². The van der Waals surface area contributed by atoms with Crippen molar-refractivity contribution < 1.29 is 4.42 Å². The van der Waals surface area contributed by atoms with E-state index in [-0.39, 0.29) is 0 Å². The number of aryl methyl sites for hydroxylation is 2. The average Bonchev–Trinajstić information content (AvgIpc) is 3.78. The van der Waals surface area contributed by atoms with Crippen LogP contribution >= 0.6 is 0 Å². The Balaban J connectivity index is 1.11. The lowest BCUT2D eigenvalue weighted by molar-refractivity contribution is 0.670. The SMILES string of the molecule is C=C/C(=C\C(=C/CN(c1ccccc1)c1ccc(-c2cccc3c2oc2ccccc23)cc1)N(c1cccc(C)c1)c1cccc2ccccc12)N(c1cccc(C)c1)c1cccc2ccccc12. The standard InChI is InChI=1S/C65H51N3O/c1-4-51(67(54-27-14-19-46(2)43-54)62-34-16-23-48-21-8-10-29-57(48)62)45-56(68(55-28-15-20-47(3)44-55)63-35-17-24-49-22-9-11-30-58(49)63)41-42-66(52-25-6-5-7-26-52)53-39-37-50(38-40-53)59-32-18-33-61-60-31-12-13-36-64(60)69-65(59)61/h4-41,43-45H,1,42H2,2-3H3/b51-45+,56-41+. The van der Waals surface area contributed by atoms with E-state index in [0.29, 0.717) is 6.54 Å². The predicted molar refractivity (Wildman–Crippen MR) is 293 cm³/mol. The van der Waals surface area contributed by atoms with Crippen molar-refractivity contribution in [3.8, 4) is 11.1 Å². The van der Waals surface area contributed by atoms with Crippen LogP contribution in [0.5, 0.6) is 0 Å². The van der Waals surface area contributed by atoms with Gasteiger partial charge in [0.2, 0.25) is 0 Å². The first kappa shape index (κ1) is 42.8. The van der Waals surface area contributed by atoms with E-state index in [2.05, 4.69) is 266 Å². The van der Waals surface area contributed by atoms with E-state index in [1.54, 1.807) is 0 Å². The van der Waals surface area contributed by atoms with Crippen molar-refractivity contribution in [2.75, 3.05) is 21.2 Å². The number of nitrogens with zero attached hydrogens (tertiary/aromatic N) is 3. The minimum absolute atomic E-state index is 0.546. The average molecular weight is 890 g/mol. The lowest BCUT2D eigenvalue weighted by atomic mass is 10.0. The number of anilines is 6. The molecule has 0 N–H and O–H groups in total. The van der Waals surface area contributed by atoms with Gasteiger partial charge in [0.05, 0.1) is 11.4 Å². The second-order valence-electron chi connectivity index (χ2n) is 17.5. The highest BCUT2D eigenvalue weighted by Gasteiger charge is 2.22. The highest BCUT2D eigenvalue weighted by molar-refractivity contribution is 6.09. The molecule has 4 nitrogen and oxygen atoms in total. The molecule has 0 unspecified atom stereocenters. The minimum Gasteiger partial charge on any atom is -0.455 e. The fourth-order valence-electron chi connectivity index (χ4n) is 9.72. The molecule has 10 aromatic carbocycles. The van der Waals surface area contributed by atoms with Crippen LogP contribution < -0.4 is 14.7 Å². The van der Waals surface area contributed by atoms with Crippen LogP contribution in [-0.4, -0.2) is 6.54 Å². The zero-order valence-electron chi connectivity index (χ0n) is 38.8. The maximum absolute atomic E-state index is 6.48. The normalized spacial score (nSPS) is 11.9. The summed E-state index contributed by atoms with van der Waals surface area (Å²) in [5, 5.41) is 6.89. The summed E-state index contributed by atoms with van der Waals surface area (Å²) in [6, 6.07) is 82.1. The van der Waals surface area contributed by atoms with Gasteiger partial charge in [0.15, 0.2) is 0 Å². The van der Waals surface area contributed by atoms with Crippen LogP contribution in [0.1, 0.15) is 11.1 Å². The lowest BCUT2D eigenvalue weighted by Gasteiger charge is -2.32. The van der Waals surface area contributed by atoms with Gasteiger partial charge in [0, 0.05) is 67.8 Å². The molecule has 1 heterocycles. The summed E-state index contributed by atoms with van der Waals surface area (Å²) in [5.74, 6) is 0. The van der Waals surface area contributed by atoms with Crippen molar-refractivity contribution in [3.63, 3.8) is 0 Å². The largest absolute Gasteiger partial charge is 0.455 e. The Hall–Kier alpha value is -8.86. The fraction of sp³-hybridized carbons (Fsp3) is 0.0462. The van der Waals surface area contributed by atoms with Gasteiger partial charge >= 0.3 is 0 Å². The molecule has 69 heavy (non-hydrogen) atoms. The molecule has 0 saturated carbocycles. The third-order valence-corrected chi connectivity index (χ3v) is 13.0. The van der Waals surface area contributed by atoms with Gasteiger partial charge in [0.1, 0.15) is 11.2 Å². The maximum atomic E-state index is 6.48. The second-order valence-corrected chi connectivity index (χ2v) is 17.5. The first-order valence-corrected chi connectivity index (χ1v) is 23.6. The molecule has 0 saturated heterocycles. The molecule has 0 bridgehead atoms. The number of benzene rings is 10. The monoisotopic (exact) mass is 889 g/mol. The van der Waals surface area contributed by atoms with Gasteiger partial charge in [0.25, 0.3) is 0 Å². The van der Waals surface area contributed by atoms with Crippen molar-refractivity contribution in [1.82, 2.24) is 0 Å². The quantitative estimate of drug-likeness (QED) is 0.108. The van der Waals surface area contributed by atoms with Gasteiger partial charge in [-0.25, -0.2) is 0 Å². The molecule has 11 aromatic rings. The molecule has 1 aromatic heterocycles. The van der Waals surface area contributed by atoms with E-state index in [9.17, 15) is 0 Å². The van der Waals surface area contributed by atoms with E-state index in [0.717, 1.165) is 89.4 Å². The van der Waals surface area contributed by atoms with Gasteiger partial charge < -0.3 is 19.1 Å². The summed E-state index contributed by atoms with van der Waals surface area (Å²) in [4.78, 5) is 7.15. The molecule has 11 rings (SSSR count). The van der Waals surface area contributed by atoms with Crippen molar-refractivity contribution in [3.05, 3.63) is 278 Å². The Morgan fingerprint density at radius 3 is 1.57 bits per heavy atom. The van der Waals surface area contributed by atoms with Crippen LogP contribution in [0.25, 0.3) is 54.6 Å². The van der Waals surface area contributed by atoms with Crippen molar-refractivity contribution in [2.24, 2.45) is 0 Å². The third-order valence-electron chi connectivity index (χ3n) is 13.0. The molecule has 0 spiro atoms. The summed E-state index contributed by atoms with van der Waals surface area (Å²) in [7, 11) is 0. The zero-order chi connectivity index (χ0) is 46.7. The number of furan rings is 1. The molecule has 332 valence electrons. The lowest BCUT2D eigenvalue weighted by Crippen LogP contribution is -2.22. The molecule has 0 aliphatic rings. The molecular formula is C65H51N3O. The second kappa shape index (κ2) is 18.8. The van der Waals surface area contributed by atoms with Gasteiger partial charge in [-0.05, 0) is 126 Å². The van der Waals surface area contributed by atoms with Gasteiger partial charge in [-0.15, -0.1) is 0 Å². The maximum Gasteiger partial charge on any atom is 0.143 e. The summed E-state index contributed by atoms with van der Waals surface area (Å²) in [5.41, 5.74) is 14.6. The van der Waals surface area contributed by atoms with Crippen LogP contribution in [0.3, 0.4) is 0 Å². The van der Waals surface area contributed by atoms with Crippen molar-refractivity contribution in [2.45, 2.75) is 13.8 Å². The molecule has 0 radical (unpaired) electrons. The molecule has 0 aliphatic heterocycles. The Morgan fingerprint density at radius 2 is 0.942 bits per heavy atom. The van der Waals surface area contributed by atoms with Crippen LogP contribution in [0.2, 0.25) is 0 Å². The first-order chi connectivity index (χ1) is 34.0. The zero-order valence-corrected chi connectivity index (χ0v) is 38.8. The molecule has 0 atom stereocenters. The van der Waals surface area contributed by atoms with Gasteiger partial charge in [-0.2, -0.15) is 0 Å². The van der Waals surface area contributed by atoms with Gasteiger partial charge in [-0.1, -0.05) is 170 Å². The summed E-state index contributed by atoms with van der Waals surface area (Å²) >= 11 is 0. The number of hydrogen-bond donors (Lipinski definition) is 0. The summed E-state index contributed by atoms with van der Waals surface area (Å²) < 4.78 is 6.48. The first-order valence-electron chi connectivity index (χ1n) is 23.6. The highest BCUT2D eigenvalue weighted by atomic mass is 16.3. The number of hydrogen-bond acceptors (Lipinski definition) is 4. The van der Waals surface area contributed by atoms with Crippen molar-refractivity contribution >= 4 is 77.6 Å². The molecule has 4 heteroatoms. The van der Waals surface area contributed by atoms with Crippen LogP contribution in [0.15, 0.2) is 271 Å². The van der Waals surface area contributed by atoms with E-state index in [4.69, 9.17) is 4.42 Å². The molecule has 0 amide bonds. The number of fused-ring (bicyclic) bond motifs is 5. The molecule has 0 aliphatic carbocycles. The Labute approximate surface area is 404 Å². The Bertz CT molecular complexity index is 3700. The van der Waals surface area contributed by atoms with Crippen LogP contribution in [-0.2, 0) is 0 Å². The van der Waals surface area contributed by atoms with Crippen LogP contribution in [0.4, 0.5) is 34.1 Å². The molecule has 0 fully saturated rings. The van der Waals surface area contributed by atoms with Crippen LogP contribution in [0, 0.1) is 13.8 Å². The highest BCUT2D eigenvalue weighted by Crippen LogP contribution is 2.42. The predicted octanol–water partition coefficient (Wildman–Crippen LogP) is 17.9. The Kier molecular flexibility index (Phi) is 11.6. The van der Waals surface area contributed by atoms with E-state index in [1.807, 2.05) is 18.2 Å². The summed E-state index contributed by atoms with van der Waals surface area (Å²) in [6.07, 6.45) is 6.66. The number of rotatable bonds is 13. The topological polar surface area (TPSA) is 22.9 Å². The smallest absolute Gasteiger partial charge is 0.143 e. The molecular weight excluding hydrogens is 839 g/mol. The number of para-hydroxylation sites is 3. The third kappa shape index (κ3) is 8.45. The summed E-state index contributed by atoms with van der Waals surface area (Å²) in [6.45, 7) is 9.40. The minimum atomic E-state index is 0.546. The fourth-order valence-corrected chi connectivity index (χ4v) is 9.72. The van der Waals surface area contributed by atoms with Gasteiger partial charge in [-0.3, -0.25) is 0 Å². The van der Waals surface area contributed by atoms with E-state index in [1.165, 1.54) is 21.9 Å². The number of allylic oxidation sites excluding steroid dienone is 2. The van der Waals surface area contributed by atoms with Crippen molar-refractivity contribution in [1.29, 1.82) is 0 Å².